The van der Waals surface area contributed by atoms with Gasteiger partial charge in [-0.25, -0.2) is 29.5 Å². The summed E-state index contributed by atoms with van der Waals surface area (Å²) in [5.74, 6) is 1.88. The molecule has 0 fully saturated rings. The van der Waals surface area contributed by atoms with Gasteiger partial charge in [0.25, 0.3) is 0 Å². The SMILES string of the molecule is C=C.CC(C)(C)OC(=O)Nc1cc(Cl)ccn1.CC(C)(C)OC(=O)Nc1nccc(Cl)c1C=O.CC(C)n1nccc1-c1ncccc1CO.CNc1nccc(OCc2cccnc2-c2ccnn2C(C)C)c1C=O.Nc1cc(Cl)ccn1. The summed E-state index contributed by atoms with van der Waals surface area (Å²) in [6, 6.07) is 21.5. The monoisotopic (exact) mass is 1210 g/mol. The van der Waals surface area contributed by atoms with Gasteiger partial charge in [-0.2, -0.15) is 10.2 Å². The third-order valence-electron chi connectivity index (χ3n) is 10.2. The van der Waals surface area contributed by atoms with E-state index in [1.54, 1.807) is 116 Å². The Balaban J connectivity index is 0.000000284. The van der Waals surface area contributed by atoms with Crippen LogP contribution in [0.15, 0.2) is 136 Å². The topological polar surface area (TPSA) is 291 Å². The van der Waals surface area contributed by atoms with Gasteiger partial charge in [0.05, 0.1) is 45.5 Å². The lowest BCUT2D eigenvalue weighted by molar-refractivity contribution is 0.0623. The van der Waals surface area contributed by atoms with Crippen LogP contribution in [0.2, 0.25) is 15.1 Å². The zero-order valence-electron chi connectivity index (χ0n) is 48.7. The van der Waals surface area contributed by atoms with E-state index in [-0.39, 0.29) is 41.7 Å². The largest absolute Gasteiger partial charge is 0.488 e. The van der Waals surface area contributed by atoms with Crippen LogP contribution in [0.25, 0.3) is 22.8 Å². The molecule has 446 valence electrons. The molecule has 0 aliphatic carbocycles. The van der Waals surface area contributed by atoms with Gasteiger partial charge in [0.2, 0.25) is 0 Å². The summed E-state index contributed by atoms with van der Waals surface area (Å²) in [7, 11) is 1.71. The summed E-state index contributed by atoms with van der Waals surface area (Å²) in [6.45, 7) is 25.1. The summed E-state index contributed by atoms with van der Waals surface area (Å²) in [5.41, 5.74) is 9.86. The number of pyridine rings is 6. The van der Waals surface area contributed by atoms with Gasteiger partial charge in [-0.3, -0.25) is 39.6 Å². The van der Waals surface area contributed by atoms with E-state index in [1.165, 1.54) is 18.5 Å². The van der Waals surface area contributed by atoms with E-state index in [0.29, 0.717) is 45.1 Å². The third-order valence-corrected chi connectivity index (χ3v) is 11.0. The number of halogens is 3. The number of aliphatic hydroxyl groups is 1. The molecule has 0 aliphatic rings. The van der Waals surface area contributed by atoms with Gasteiger partial charge in [-0.15, -0.1) is 13.2 Å². The third kappa shape index (κ3) is 23.2. The predicted octanol–water partition coefficient (Wildman–Crippen LogP) is 13.5. The number of carbonyl (C=O) groups excluding carboxylic acids is 4. The molecular weight excluding hydrogens is 1140 g/mol. The quantitative estimate of drug-likeness (QED) is 0.0529. The molecule has 8 heterocycles. The van der Waals surface area contributed by atoms with Gasteiger partial charge in [0, 0.05) is 89.9 Å². The normalized spacial score (nSPS) is 10.5. The number of nitrogens with one attached hydrogen (secondary N) is 3. The molecule has 0 spiro atoms. The van der Waals surface area contributed by atoms with E-state index >= 15 is 0 Å². The van der Waals surface area contributed by atoms with Crippen molar-refractivity contribution in [1.29, 1.82) is 0 Å². The Morgan fingerprint density at radius 2 is 1.12 bits per heavy atom. The highest BCUT2D eigenvalue weighted by molar-refractivity contribution is 6.33. The summed E-state index contributed by atoms with van der Waals surface area (Å²) in [5, 5.41) is 27.0. The molecule has 2 amide bonds. The Morgan fingerprint density at radius 1 is 0.631 bits per heavy atom. The number of hydrogen-bond donors (Lipinski definition) is 5. The first-order valence-electron chi connectivity index (χ1n) is 25.8. The van der Waals surface area contributed by atoms with Crippen molar-refractivity contribution in [2.75, 3.05) is 28.7 Å². The zero-order chi connectivity index (χ0) is 62.6. The second kappa shape index (κ2) is 34.6. The maximum Gasteiger partial charge on any atom is 0.413 e. The molecule has 0 radical (unpaired) electrons. The van der Waals surface area contributed by atoms with Crippen LogP contribution in [0, 0.1) is 0 Å². The fraction of sp³-hybridized carbons (Fsp3) is 0.288. The zero-order valence-corrected chi connectivity index (χ0v) is 50.9. The van der Waals surface area contributed by atoms with Crippen LogP contribution >= 0.6 is 34.8 Å². The molecular formula is C59H71Cl3N14O8. The predicted molar refractivity (Wildman–Crippen MR) is 330 cm³/mol. The van der Waals surface area contributed by atoms with E-state index in [9.17, 15) is 24.3 Å². The number of nitrogen functional groups attached to an aromatic ring is 1. The van der Waals surface area contributed by atoms with Crippen LogP contribution in [0.1, 0.15) is 113 Å². The first-order chi connectivity index (χ1) is 39.9. The average molecular weight is 1210 g/mol. The van der Waals surface area contributed by atoms with Crippen molar-refractivity contribution in [3.63, 3.8) is 0 Å². The number of nitrogens with zero attached hydrogens (tertiary/aromatic N) is 10. The number of carbonyl (C=O) groups is 4. The number of anilines is 4. The standard InChI is InChI=1S/C19H21N5O2.C12H15N3O.C11H13ClN2O3.C10H13ClN2O2.C5H5ClN2.C2H4/c1-13(2)24-16(6-10-23-24)18-14(5-4-8-21-18)12-26-17-7-9-22-19(20-3)15(17)11-25;1-9(2)15-11(5-7-14-15)12-10(8-16)4-3-6-13-12;1-11(2,3)17-10(16)14-9-7(6-15)8(12)4-5-13-9;1-10(2,3)15-9(14)13-8-6-7(11)4-5-12-8;6-4-1-2-8-5(7)3-4;1-2/h4-11,13H,12H2,1-3H3,(H,20,22);3-7,9,16H,8H2,1-2H3;4-6H,1-3H3,(H,13,14,16);4-6H,1-3H3,(H,12,13,14);1-3H,(H2,7,8);1-2H2. The lowest BCUT2D eigenvalue weighted by Crippen LogP contribution is -2.27. The highest BCUT2D eigenvalue weighted by atomic mass is 35.5. The minimum atomic E-state index is -0.685. The lowest BCUT2D eigenvalue weighted by atomic mass is 10.1. The van der Waals surface area contributed by atoms with Crippen molar-refractivity contribution in [3.05, 3.63) is 173 Å². The Kier molecular flexibility index (Phi) is 28.6. The minimum Gasteiger partial charge on any atom is -0.488 e. The molecule has 22 nitrogen and oxygen atoms in total. The summed E-state index contributed by atoms with van der Waals surface area (Å²) < 4.78 is 19.8. The summed E-state index contributed by atoms with van der Waals surface area (Å²) >= 11 is 17.0. The van der Waals surface area contributed by atoms with Crippen LogP contribution < -0.4 is 26.4 Å². The lowest BCUT2D eigenvalue weighted by Gasteiger charge is -2.19. The molecule has 8 rings (SSSR count). The van der Waals surface area contributed by atoms with Gasteiger partial charge in [-0.1, -0.05) is 46.9 Å². The van der Waals surface area contributed by atoms with Gasteiger partial charge in [0.15, 0.2) is 12.6 Å². The number of aliphatic hydroxyl groups excluding tert-OH is 1. The van der Waals surface area contributed by atoms with Crippen LogP contribution in [-0.4, -0.2) is 97.6 Å². The molecule has 0 aromatic carbocycles. The number of hydrogen-bond acceptors (Lipinski definition) is 18. The molecule has 0 aliphatic heterocycles. The van der Waals surface area contributed by atoms with E-state index in [1.807, 2.05) is 45.8 Å². The Morgan fingerprint density at radius 3 is 1.60 bits per heavy atom. The second-order valence-corrected chi connectivity index (χ2v) is 20.9. The van der Waals surface area contributed by atoms with Gasteiger partial charge in [0.1, 0.15) is 46.8 Å². The summed E-state index contributed by atoms with van der Waals surface area (Å²) in [4.78, 5) is 69.5. The summed E-state index contributed by atoms with van der Waals surface area (Å²) in [6.07, 6.45) is 13.1. The van der Waals surface area contributed by atoms with Crippen LogP contribution in [0.3, 0.4) is 0 Å². The average Bonchev–Trinajstić information content (AvgIpc) is 4.33. The number of aldehydes is 2. The highest BCUT2D eigenvalue weighted by Gasteiger charge is 2.20. The smallest absolute Gasteiger partial charge is 0.413 e. The van der Waals surface area contributed by atoms with E-state index in [4.69, 9.17) is 54.7 Å². The number of rotatable bonds is 13. The molecule has 0 saturated carbocycles. The van der Waals surface area contributed by atoms with Crippen molar-refractivity contribution in [2.24, 2.45) is 0 Å². The van der Waals surface area contributed by atoms with Crippen molar-refractivity contribution in [2.45, 2.75) is 106 Å². The van der Waals surface area contributed by atoms with Gasteiger partial charge in [-0.05, 0) is 130 Å². The molecule has 6 N–H and O–H groups in total. The Labute approximate surface area is 504 Å². The molecule has 0 atom stereocenters. The number of aromatic nitrogens is 10. The molecule has 8 aromatic heterocycles. The van der Waals surface area contributed by atoms with Gasteiger partial charge < -0.3 is 30.4 Å². The fourth-order valence-corrected chi connectivity index (χ4v) is 7.34. The van der Waals surface area contributed by atoms with E-state index in [0.717, 1.165) is 40.2 Å². The molecule has 0 unspecified atom stereocenters. The maximum absolute atomic E-state index is 11.5. The van der Waals surface area contributed by atoms with Gasteiger partial charge >= 0.3 is 12.2 Å². The first kappa shape index (κ1) is 69.4. The molecule has 0 bridgehead atoms. The second-order valence-electron chi connectivity index (χ2n) is 19.6. The first-order valence-corrected chi connectivity index (χ1v) is 26.9. The molecule has 0 saturated heterocycles. The molecule has 84 heavy (non-hydrogen) atoms. The van der Waals surface area contributed by atoms with Crippen LogP contribution in [0.5, 0.6) is 5.75 Å². The fourth-order valence-electron chi connectivity index (χ4n) is 6.82. The van der Waals surface area contributed by atoms with Crippen molar-refractivity contribution in [3.8, 4) is 28.5 Å². The number of ether oxygens (including phenoxy) is 3. The Bertz CT molecular complexity index is 3350. The van der Waals surface area contributed by atoms with Crippen molar-refractivity contribution >= 4 is 82.8 Å². The molecule has 25 heteroatoms. The maximum atomic E-state index is 11.5. The van der Waals surface area contributed by atoms with Crippen molar-refractivity contribution < 1.29 is 38.5 Å². The van der Waals surface area contributed by atoms with Crippen LogP contribution in [-0.2, 0) is 22.7 Å². The van der Waals surface area contributed by atoms with Crippen LogP contribution in [0.4, 0.5) is 32.9 Å². The number of nitrogens with two attached hydrogens (primary N) is 1. The molecule has 8 aromatic rings. The van der Waals surface area contributed by atoms with E-state index < -0.39 is 23.4 Å². The van der Waals surface area contributed by atoms with Crippen molar-refractivity contribution in [1.82, 2.24) is 49.5 Å². The number of amides is 2. The highest BCUT2D eigenvalue weighted by Crippen LogP contribution is 2.28. The van der Waals surface area contributed by atoms with E-state index in [2.05, 4.69) is 96.9 Å². The minimum absolute atomic E-state index is 0.00749. The Hall–Kier alpha value is -8.83.